The van der Waals surface area contributed by atoms with Gasteiger partial charge in [-0.3, -0.25) is 0 Å². The van der Waals surface area contributed by atoms with Crippen molar-refractivity contribution in [2.75, 3.05) is 0 Å². The van der Waals surface area contributed by atoms with Gasteiger partial charge in [-0.15, -0.1) is 0 Å². The average molecular weight is 514 g/mol. The van der Waals surface area contributed by atoms with E-state index in [9.17, 15) is 0 Å². The number of hydrogen-bond donors (Lipinski definition) is 0. The van der Waals surface area contributed by atoms with E-state index in [1.54, 1.807) is 0 Å². The molecular weight excluding hydrogens is 486 g/mol. The largest absolute Gasteiger partial charge is 0.489 e. The van der Waals surface area contributed by atoms with Crippen LogP contribution in [0.1, 0.15) is 22.3 Å². The van der Waals surface area contributed by atoms with Crippen LogP contribution < -0.4 is 4.74 Å². The summed E-state index contributed by atoms with van der Waals surface area (Å²) in [4.78, 5) is 0. The molecule has 0 radical (unpaired) electrons. The van der Waals surface area contributed by atoms with Gasteiger partial charge in [0, 0.05) is 21.8 Å². The Kier molecular flexibility index (Phi) is 5.14. The summed E-state index contributed by atoms with van der Waals surface area (Å²) in [6.45, 7) is 2.69. The summed E-state index contributed by atoms with van der Waals surface area (Å²) in [6.07, 6.45) is 4.28. The number of ether oxygens (including phenoxy) is 1. The Hall–Kier alpha value is -5.08. The second kappa shape index (κ2) is 9.00. The second-order valence-electron chi connectivity index (χ2n) is 10.7. The number of rotatable bonds is 5. The van der Waals surface area contributed by atoms with Crippen LogP contribution in [-0.2, 0) is 6.61 Å². The maximum atomic E-state index is 6.17. The minimum absolute atomic E-state index is 0.558. The van der Waals surface area contributed by atoms with Crippen LogP contribution in [0.2, 0.25) is 0 Å². The molecule has 0 bridgehead atoms. The van der Waals surface area contributed by atoms with Crippen LogP contribution in [0.3, 0.4) is 0 Å². The lowest BCUT2D eigenvalue weighted by Crippen LogP contribution is -1.99. The summed E-state index contributed by atoms with van der Waals surface area (Å²) in [6, 6.07) is 43.8. The van der Waals surface area contributed by atoms with Crippen molar-refractivity contribution in [2.24, 2.45) is 0 Å². The third kappa shape index (κ3) is 3.72. The molecule has 0 N–H and O–H groups in total. The number of hydrogen-bond acceptors (Lipinski definition) is 1. The zero-order chi connectivity index (χ0) is 26.6. The highest BCUT2D eigenvalue weighted by Gasteiger charge is 2.16. The van der Waals surface area contributed by atoms with Gasteiger partial charge < -0.3 is 9.30 Å². The molecule has 2 heteroatoms. The molecule has 7 aromatic rings. The molecule has 2 nitrogen and oxygen atoms in total. The van der Waals surface area contributed by atoms with Crippen LogP contribution in [0.5, 0.6) is 5.75 Å². The van der Waals surface area contributed by atoms with E-state index in [4.69, 9.17) is 4.74 Å². The Balaban J connectivity index is 1.23. The third-order valence-corrected chi connectivity index (χ3v) is 8.13. The third-order valence-electron chi connectivity index (χ3n) is 8.13. The maximum Gasteiger partial charge on any atom is 0.119 e. The van der Waals surface area contributed by atoms with Gasteiger partial charge >= 0.3 is 0 Å². The van der Waals surface area contributed by atoms with Gasteiger partial charge in [-0.2, -0.15) is 0 Å². The summed E-state index contributed by atoms with van der Waals surface area (Å²) >= 11 is 0. The number of fused-ring (bicyclic) bond motifs is 6. The molecule has 1 aliphatic rings. The fraction of sp³-hybridized carbons (Fsp3) is 0.0526. The molecule has 0 atom stereocenters. The van der Waals surface area contributed by atoms with Gasteiger partial charge in [-0.25, -0.2) is 0 Å². The first-order valence-electron chi connectivity index (χ1n) is 13.8. The Bertz CT molecular complexity index is 2090. The molecule has 8 rings (SSSR count). The van der Waals surface area contributed by atoms with Gasteiger partial charge in [0.15, 0.2) is 0 Å². The molecule has 0 fully saturated rings. The molecule has 6 aromatic carbocycles. The molecule has 0 spiro atoms. The quantitative estimate of drug-likeness (QED) is 0.223. The van der Waals surface area contributed by atoms with Crippen LogP contribution in [0, 0.1) is 6.92 Å². The normalized spacial score (nSPS) is 12.1. The van der Waals surface area contributed by atoms with Crippen molar-refractivity contribution in [2.45, 2.75) is 13.5 Å². The van der Waals surface area contributed by atoms with Crippen LogP contribution in [0.4, 0.5) is 0 Å². The highest BCUT2D eigenvalue weighted by atomic mass is 16.5. The number of nitrogens with zero attached hydrogens (tertiary/aromatic N) is 1. The van der Waals surface area contributed by atoms with Crippen molar-refractivity contribution in [3.8, 4) is 22.6 Å². The van der Waals surface area contributed by atoms with Crippen LogP contribution in [0.25, 0.3) is 61.5 Å². The SMILES string of the molecule is Cc1ccc(-c2ccc3c(c2)c2ccc4ccccc4c2n3-c2ccc(OCc3ccc4c(c3)C=C4)cc2)cc1. The van der Waals surface area contributed by atoms with E-state index in [0.29, 0.717) is 6.61 Å². The van der Waals surface area contributed by atoms with Gasteiger partial charge in [-0.1, -0.05) is 96.6 Å². The van der Waals surface area contributed by atoms with E-state index in [0.717, 1.165) is 11.4 Å². The monoisotopic (exact) mass is 513 g/mol. The van der Waals surface area contributed by atoms with Crippen molar-refractivity contribution in [1.82, 2.24) is 4.57 Å². The molecule has 0 unspecified atom stereocenters. The van der Waals surface area contributed by atoms with E-state index in [1.807, 2.05) is 0 Å². The summed E-state index contributed by atoms with van der Waals surface area (Å²) in [5.74, 6) is 0.870. The summed E-state index contributed by atoms with van der Waals surface area (Å²) in [5.41, 5.74) is 11.1. The highest BCUT2D eigenvalue weighted by molar-refractivity contribution is 6.19. The van der Waals surface area contributed by atoms with Crippen LogP contribution in [-0.4, -0.2) is 4.57 Å². The summed E-state index contributed by atoms with van der Waals surface area (Å²) in [7, 11) is 0. The molecule has 190 valence electrons. The zero-order valence-corrected chi connectivity index (χ0v) is 22.3. The van der Waals surface area contributed by atoms with E-state index in [1.165, 1.54) is 66.0 Å². The summed E-state index contributed by atoms with van der Waals surface area (Å²) in [5, 5.41) is 5.01. The van der Waals surface area contributed by atoms with Crippen molar-refractivity contribution in [3.63, 3.8) is 0 Å². The molecule has 1 heterocycles. The second-order valence-corrected chi connectivity index (χ2v) is 10.7. The Morgan fingerprint density at radius 3 is 2.20 bits per heavy atom. The van der Waals surface area contributed by atoms with Crippen molar-refractivity contribution in [1.29, 1.82) is 0 Å². The highest BCUT2D eigenvalue weighted by Crippen LogP contribution is 2.38. The van der Waals surface area contributed by atoms with E-state index >= 15 is 0 Å². The zero-order valence-electron chi connectivity index (χ0n) is 22.3. The number of aryl methyl sites for hydroxylation is 1. The molecule has 0 amide bonds. The first-order valence-corrected chi connectivity index (χ1v) is 13.8. The minimum Gasteiger partial charge on any atom is -0.489 e. The average Bonchev–Trinajstić information content (AvgIpc) is 3.32. The summed E-state index contributed by atoms with van der Waals surface area (Å²) < 4.78 is 8.57. The topological polar surface area (TPSA) is 14.2 Å². The Morgan fingerprint density at radius 1 is 0.600 bits per heavy atom. The van der Waals surface area contributed by atoms with Crippen molar-refractivity contribution < 1.29 is 4.74 Å². The Labute approximate surface area is 233 Å². The van der Waals surface area contributed by atoms with Gasteiger partial charge in [-0.05, 0) is 82.6 Å². The first kappa shape index (κ1) is 22.9. The van der Waals surface area contributed by atoms with Gasteiger partial charge in [0.05, 0.1) is 11.0 Å². The van der Waals surface area contributed by atoms with E-state index < -0.39 is 0 Å². The van der Waals surface area contributed by atoms with E-state index in [-0.39, 0.29) is 0 Å². The predicted octanol–water partition coefficient (Wildman–Crippen LogP) is 9.98. The molecule has 0 saturated carbocycles. The lowest BCUT2D eigenvalue weighted by atomic mass is 9.96. The van der Waals surface area contributed by atoms with Crippen molar-refractivity contribution >= 4 is 44.7 Å². The number of benzene rings is 6. The van der Waals surface area contributed by atoms with Crippen molar-refractivity contribution in [3.05, 3.63) is 144 Å². The van der Waals surface area contributed by atoms with Gasteiger partial charge in [0.2, 0.25) is 0 Å². The fourth-order valence-corrected chi connectivity index (χ4v) is 5.93. The molecule has 0 aliphatic heterocycles. The van der Waals surface area contributed by atoms with E-state index in [2.05, 4.69) is 145 Å². The Morgan fingerprint density at radius 2 is 1.40 bits per heavy atom. The molecule has 1 aliphatic carbocycles. The molecule has 40 heavy (non-hydrogen) atoms. The molecule has 0 saturated heterocycles. The predicted molar refractivity (Wildman–Crippen MR) is 168 cm³/mol. The first-order chi connectivity index (χ1) is 19.7. The maximum absolute atomic E-state index is 6.17. The minimum atomic E-state index is 0.558. The van der Waals surface area contributed by atoms with Crippen LogP contribution in [0.15, 0.2) is 121 Å². The lowest BCUT2D eigenvalue weighted by molar-refractivity contribution is 0.306. The van der Waals surface area contributed by atoms with Gasteiger partial charge in [0.25, 0.3) is 0 Å². The fourth-order valence-electron chi connectivity index (χ4n) is 5.93. The molecular formula is C38H27NO. The lowest BCUT2D eigenvalue weighted by Gasteiger charge is -2.14. The van der Waals surface area contributed by atoms with Gasteiger partial charge in [0.1, 0.15) is 12.4 Å². The number of aromatic nitrogens is 1. The smallest absolute Gasteiger partial charge is 0.119 e. The van der Waals surface area contributed by atoms with Crippen LogP contribution >= 0.6 is 0 Å². The standard InChI is InChI=1S/C38H27NO/c1-25-6-9-27(10-7-25)31-15-21-37-36(23-31)35-20-14-29-4-2-3-5-34(29)38(35)39(37)32-16-18-33(19-17-32)40-24-26-8-11-28-12-13-30(28)22-26/h2-23H,24H2,1H3. The molecule has 1 aromatic heterocycles.